The van der Waals surface area contributed by atoms with Crippen molar-refractivity contribution in [3.8, 4) is 5.75 Å². The first-order valence-electron chi connectivity index (χ1n) is 6.93. The average molecular weight is 290 g/mol. The summed E-state index contributed by atoms with van der Waals surface area (Å²) in [5.74, 6) is 0.954. The average Bonchev–Trinajstić information content (AvgIpc) is 2.77. The van der Waals surface area contributed by atoms with E-state index in [0.717, 1.165) is 24.3 Å². The third-order valence-corrected chi connectivity index (χ3v) is 4.18. The maximum absolute atomic E-state index is 5.94. The number of hydrogen-bond acceptors (Lipinski definition) is 4. The fraction of sp³-hybridized carbons (Fsp3) is 0.438. The third kappa shape index (κ3) is 4.05. The lowest BCUT2D eigenvalue weighted by Crippen LogP contribution is -2.18. The van der Waals surface area contributed by atoms with Gasteiger partial charge in [-0.1, -0.05) is 17.7 Å². The first-order chi connectivity index (χ1) is 9.56. The summed E-state index contributed by atoms with van der Waals surface area (Å²) in [5.41, 5.74) is 11.3. The molecule has 0 fully saturated rings. The van der Waals surface area contributed by atoms with Crippen LogP contribution in [0, 0.1) is 13.8 Å². The number of nitrogens with zero attached hydrogens (tertiary/aromatic N) is 1. The number of rotatable bonds is 6. The van der Waals surface area contributed by atoms with Crippen LogP contribution in [0.15, 0.2) is 23.7 Å². The van der Waals surface area contributed by atoms with Crippen LogP contribution in [0.1, 0.15) is 28.6 Å². The molecule has 1 atom stereocenters. The zero-order valence-corrected chi connectivity index (χ0v) is 13.2. The highest BCUT2D eigenvalue weighted by Crippen LogP contribution is 2.22. The highest BCUT2D eigenvalue weighted by atomic mass is 32.1. The number of benzene rings is 1. The van der Waals surface area contributed by atoms with Crippen LogP contribution >= 0.6 is 11.3 Å². The topological polar surface area (TPSA) is 48.1 Å². The largest absolute Gasteiger partial charge is 0.493 e. The van der Waals surface area contributed by atoms with Crippen molar-refractivity contribution in [2.24, 2.45) is 5.73 Å². The quantitative estimate of drug-likeness (QED) is 0.888. The van der Waals surface area contributed by atoms with Crippen molar-refractivity contribution < 1.29 is 4.74 Å². The van der Waals surface area contributed by atoms with Crippen molar-refractivity contribution >= 4 is 11.3 Å². The molecule has 108 valence electrons. The van der Waals surface area contributed by atoms with E-state index in [4.69, 9.17) is 10.5 Å². The predicted octanol–water partition coefficient (Wildman–Crippen LogP) is 3.27. The maximum Gasteiger partial charge on any atom is 0.122 e. The minimum Gasteiger partial charge on any atom is -0.493 e. The van der Waals surface area contributed by atoms with Gasteiger partial charge in [0.1, 0.15) is 5.75 Å². The Morgan fingerprint density at radius 2 is 2.15 bits per heavy atom. The van der Waals surface area contributed by atoms with E-state index in [1.54, 1.807) is 11.3 Å². The van der Waals surface area contributed by atoms with Gasteiger partial charge < -0.3 is 10.5 Å². The summed E-state index contributed by atoms with van der Waals surface area (Å²) < 4.78 is 5.94. The van der Waals surface area contributed by atoms with Crippen molar-refractivity contribution in [1.29, 1.82) is 0 Å². The van der Waals surface area contributed by atoms with Crippen LogP contribution in [0.25, 0.3) is 0 Å². The normalized spacial score (nSPS) is 12.4. The molecule has 1 unspecified atom stereocenters. The molecule has 2 N–H and O–H groups in total. The lowest BCUT2D eigenvalue weighted by atomic mass is 10.0. The fourth-order valence-corrected chi connectivity index (χ4v) is 2.94. The Bertz CT molecular complexity index is 563. The van der Waals surface area contributed by atoms with Crippen LogP contribution in [-0.2, 0) is 12.8 Å². The number of hydrogen-bond donors (Lipinski definition) is 1. The SMILES string of the molecule is Cc1ccc(OCCc2scnc2C)c(CC(C)N)c1. The summed E-state index contributed by atoms with van der Waals surface area (Å²) in [6, 6.07) is 6.43. The van der Waals surface area contributed by atoms with Crippen LogP contribution < -0.4 is 10.5 Å². The van der Waals surface area contributed by atoms with Gasteiger partial charge in [-0.3, -0.25) is 0 Å². The molecule has 0 aliphatic carbocycles. The van der Waals surface area contributed by atoms with E-state index < -0.39 is 0 Å². The van der Waals surface area contributed by atoms with Crippen molar-refractivity contribution in [3.63, 3.8) is 0 Å². The monoisotopic (exact) mass is 290 g/mol. The predicted molar refractivity (Wildman–Crippen MR) is 84.6 cm³/mol. The number of aryl methyl sites for hydroxylation is 2. The molecule has 1 heterocycles. The lowest BCUT2D eigenvalue weighted by Gasteiger charge is -2.14. The molecule has 0 radical (unpaired) electrons. The summed E-state index contributed by atoms with van der Waals surface area (Å²) in [7, 11) is 0. The first-order valence-corrected chi connectivity index (χ1v) is 7.81. The number of nitrogens with two attached hydrogens (primary N) is 1. The maximum atomic E-state index is 5.94. The molecule has 0 bridgehead atoms. The number of ether oxygens (including phenoxy) is 1. The fourth-order valence-electron chi connectivity index (χ4n) is 2.18. The molecule has 1 aromatic carbocycles. The molecule has 0 aliphatic heterocycles. The molecule has 2 aromatic rings. The van der Waals surface area contributed by atoms with Crippen LogP contribution in [0.4, 0.5) is 0 Å². The highest BCUT2D eigenvalue weighted by Gasteiger charge is 2.08. The molecule has 20 heavy (non-hydrogen) atoms. The van der Waals surface area contributed by atoms with Crippen molar-refractivity contribution in [2.45, 2.75) is 39.7 Å². The second-order valence-corrected chi connectivity index (χ2v) is 6.19. The molecule has 0 saturated heterocycles. The molecule has 2 rings (SSSR count). The summed E-state index contributed by atoms with van der Waals surface area (Å²) in [4.78, 5) is 5.55. The van der Waals surface area contributed by atoms with Gasteiger partial charge in [0.25, 0.3) is 0 Å². The van der Waals surface area contributed by atoms with Gasteiger partial charge in [-0.15, -0.1) is 11.3 Å². The Balaban J connectivity index is 2.00. The molecule has 3 nitrogen and oxygen atoms in total. The molecule has 0 saturated carbocycles. The molecule has 0 spiro atoms. The van der Waals surface area contributed by atoms with Crippen LogP contribution in [0.3, 0.4) is 0 Å². The summed E-state index contributed by atoms with van der Waals surface area (Å²) in [6.07, 6.45) is 1.75. The van der Waals surface area contributed by atoms with E-state index in [-0.39, 0.29) is 6.04 Å². The van der Waals surface area contributed by atoms with Gasteiger partial charge in [-0.2, -0.15) is 0 Å². The van der Waals surface area contributed by atoms with Gasteiger partial charge in [-0.25, -0.2) is 4.98 Å². The smallest absolute Gasteiger partial charge is 0.122 e. The molecule has 0 aliphatic rings. The molecule has 0 amide bonds. The van der Waals surface area contributed by atoms with E-state index in [1.165, 1.54) is 16.0 Å². The lowest BCUT2D eigenvalue weighted by molar-refractivity contribution is 0.318. The second-order valence-electron chi connectivity index (χ2n) is 5.25. The minimum absolute atomic E-state index is 0.142. The Hall–Kier alpha value is -1.39. The van der Waals surface area contributed by atoms with Gasteiger partial charge in [0.05, 0.1) is 17.8 Å². The van der Waals surface area contributed by atoms with Gasteiger partial charge in [0.2, 0.25) is 0 Å². The van der Waals surface area contributed by atoms with E-state index in [1.807, 2.05) is 25.4 Å². The van der Waals surface area contributed by atoms with E-state index in [2.05, 4.69) is 24.0 Å². The van der Waals surface area contributed by atoms with Gasteiger partial charge in [0.15, 0.2) is 0 Å². The van der Waals surface area contributed by atoms with Crippen LogP contribution in [0.5, 0.6) is 5.75 Å². The van der Waals surface area contributed by atoms with Gasteiger partial charge in [-0.05, 0) is 38.8 Å². The summed E-state index contributed by atoms with van der Waals surface area (Å²) >= 11 is 1.69. The van der Waals surface area contributed by atoms with Crippen molar-refractivity contribution in [3.05, 3.63) is 45.4 Å². The van der Waals surface area contributed by atoms with Crippen LogP contribution in [0.2, 0.25) is 0 Å². The molecule has 1 aromatic heterocycles. The highest BCUT2D eigenvalue weighted by molar-refractivity contribution is 7.09. The number of aromatic nitrogens is 1. The summed E-state index contributed by atoms with van der Waals surface area (Å²) in [5, 5.41) is 0. The Kier molecular flexibility index (Phi) is 5.15. The van der Waals surface area contributed by atoms with E-state index in [0.29, 0.717) is 6.61 Å². The Morgan fingerprint density at radius 3 is 2.80 bits per heavy atom. The van der Waals surface area contributed by atoms with Crippen molar-refractivity contribution in [1.82, 2.24) is 4.98 Å². The zero-order chi connectivity index (χ0) is 14.5. The Morgan fingerprint density at radius 1 is 1.35 bits per heavy atom. The van der Waals surface area contributed by atoms with Gasteiger partial charge in [0, 0.05) is 17.3 Å². The first kappa shape index (κ1) is 15.0. The minimum atomic E-state index is 0.142. The second kappa shape index (κ2) is 6.86. The van der Waals surface area contributed by atoms with Gasteiger partial charge >= 0.3 is 0 Å². The third-order valence-electron chi connectivity index (χ3n) is 3.19. The molecular formula is C16H22N2OS. The molecular weight excluding hydrogens is 268 g/mol. The standard InChI is InChI=1S/C16H22N2OS/c1-11-4-5-15(14(8-11)9-12(2)17)19-7-6-16-13(3)18-10-20-16/h4-5,8,10,12H,6-7,9,17H2,1-3H3. The van der Waals surface area contributed by atoms with E-state index >= 15 is 0 Å². The number of thiazole rings is 1. The zero-order valence-electron chi connectivity index (χ0n) is 12.3. The summed E-state index contributed by atoms with van der Waals surface area (Å²) in [6.45, 7) is 6.83. The van der Waals surface area contributed by atoms with E-state index in [9.17, 15) is 0 Å². The molecule has 4 heteroatoms. The van der Waals surface area contributed by atoms with Crippen molar-refractivity contribution in [2.75, 3.05) is 6.61 Å². The van der Waals surface area contributed by atoms with Crippen LogP contribution in [-0.4, -0.2) is 17.6 Å². The Labute approximate surface area is 124 Å².